The zero-order valence-electron chi connectivity index (χ0n) is 10.0. The SMILES string of the molecule is C[C@@H](N)c1ccc(Oc2cc(F)c(Cl)cc2Br)cn1. The normalized spacial score (nSPS) is 12.3. The minimum absolute atomic E-state index is 0.0321. The number of benzene rings is 1. The lowest BCUT2D eigenvalue weighted by Gasteiger charge is -2.10. The molecule has 1 heterocycles. The number of nitrogens with two attached hydrogens (primary N) is 1. The highest BCUT2D eigenvalue weighted by atomic mass is 79.9. The quantitative estimate of drug-likeness (QED) is 0.836. The Morgan fingerprint density at radius 3 is 2.74 bits per heavy atom. The van der Waals surface area contributed by atoms with Gasteiger partial charge in [-0.05, 0) is 41.1 Å². The summed E-state index contributed by atoms with van der Waals surface area (Å²) < 4.78 is 19.5. The van der Waals surface area contributed by atoms with Gasteiger partial charge in [-0.15, -0.1) is 0 Å². The summed E-state index contributed by atoms with van der Waals surface area (Å²) in [6, 6.07) is 6.00. The minimum atomic E-state index is -0.542. The van der Waals surface area contributed by atoms with Gasteiger partial charge in [0.1, 0.15) is 17.3 Å². The summed E-state index contributed by atoms with van der Waals surface area (Å²) >= 11 is 8.92. The van der Waals surface area contributed by atoms with Crippen LogP contribution in [0.1, 0.15) is 18.7 Å². The molecule has 100 valence electrons. The molecule has 2 N–H and O–H groups in total. The van der Waals surface area contributed by atoms with Crippen LogP contribution in [0.4, 0.5) is 4.39 Å². The van der Waals surface area contributed by atoms with Crippen molar-refractivity contribution >= 4 is 27.5 Å². The van der Waals surface area contributed by atoms with E-state index in [0.29, 0.717) is 16.0 Å². The molecule has 0 aliphatic carbocycles. The Labute approximate surface area is 123 Å². The van der Waals surface area contributed by atoms with Gasteiger partial charge in [0.25, 0.3) is 0 Å². The first-order valence-corrected chi connectivity index (χ1v) is 6.68. The van der Waals surface area contributed by atoms with E-state index in [2.05, 4.69) is 20.9 Å². The fourth-order valence-electron chi connectivity index (χ4n) is 1.43. The molecular formula is C13H11BrClFN2O. The van der Waals surface area contributed by atoms with Gasteiger partial charge >= 0.3 is 0 Å². The van der Waals surface area contributed by atoms with Crippen LogP contribution in [-0.2, 0) is 0 Å². The lowest BCUT2D eigenvalue weighted by Crippen LogP contribution is -2.06. The van der Waals surface area contributed by atoms with Crippen molar-refractivity contribution in [2.75, 3.05) is 0 Å². The van der Waals surface area contributed by atoms with E-state index in [4.69, 9.17) is 22.1 Å². The molecule has 0 saturated carbocycles. The van der Waals surface area contributed by atoms with E-state index in [1.165, 1.54) is 18.3 Å². The van der Waals surface area contributed by atoms with E-state index in [0.717, 1.165) is 5.69 Å². The summed E-state index contributed by atoms with van der Waals surface area (Å²) in [7, 11) is 0. The molecule has 0 aliphatic rings. The fourth-order valence-corrected chi connectivity index (χ4v) is 2.15. The topological polar surface area (TPSA) is 48.1 Å². The van der Waals surface area contributed by atoms with Gasteiger partial charge in [0.15, 0.2) is 0 Å². The van der Waals surface area contributed by atoms with Crippen molar-refractivity contribution in [1.29, 1.82) is 0 Å². The van der Waals surface area contributed by atoms with E-state index in [-0.39, 0.29) is 11.1 Å². The summed E-state index contributed by atoms with van der Waals surface area (Å²) in [4.78, 5) is 4.16. The predicted octanol–water partition coefficient (Wildman–Crippen LogP) is 4.45. The lowest BCUT2D eigenvalue weighted by molar-refractivity contribution is 0.470. The number of hydrogen-bond donors (Lipinski definition) is 1. The third-order valence-electron chi connectivity index (χ3n) is 2.43. The number of halogens is 3. The molecule has 0 radical (unpaired) electrons. The largest absolute Gasteiger partial charge is 0.454 e. The summed E-state index contributed by atoms with van der Waals surface area (Å²) in [5.41, 5.74) is 6.46. The Balaban J connectivity index is 2.24. The number of nitrogens with zero attached hydrogens (tertiary/aromatic N) is 1. The van der Waals surface area contributed by atoms with E-state index in [1.54, 1.807) is 12.1 Å². The van der Waals surface area contributed by atoms with E-state index in [9.17, 15) is 4.39 Å². The lowest BCUT2D eigenvalue weighted by atomic mass is 10.2. The number of aromatic nitrogens is 1. The molecule has 0 saturated heterocycles. The van der Waals surface area contributed by atoms with Crippen molar-refractivity contribution in [2.24, 2.45) is 5.73 Å². The first-order chi connectivity index (χ1) is 8.97. The van der Waals surface area contributed by atoms with Crippen molar-refractivity contribution < 1.29 is 9.13 Å². The van der Waals surface area contributed by atoms with Crippen molar-refractivity contribution in [2.45, 2.75) is 13.0 Å². The van der Waals surface area contributed by atoms with Crippen molar-refractivity contribution in [3.05, 3.63) is 51.5 Å². The average Bonchev–Trinajstić information content (AvgIpc) is 2.36. The molecule has 3 nitrogen and oxygen atoms in total. The maximum Gasteiger partial charge on any atom is 0.145 e. The standard InChI is InChI=1S/C13H11BrClFN2O/c1-7(17)12-3-2-8(6-18-12)19-13-5-11(16)10(15)4-9(13)14/h2-7H,17H2,1H3/t7-/m1/s1. The molecule has 0 aliphatic heterocycles. The Kier molecular flexibility index (Phi) is 4.39. The predicted molar refractivity (Wildman–Crippen MR) is 76.0 cm³/mol. The smallest absolute Gasteiger partial charge is 0.145 e. The van der Waals surface area contributed by atoms with E-state index in [1.807, 2.05) is 6.92 Å². The molecule has 19 heavy (non-hydrogen) atoms. The number of ether oxygens (including phenoxy) is 1. The van der Waals surface area contributed by atoms with Gasteiger partial charge in [0.05, 0.1) is 21.4 Å². The van der Waals surface area contributed by atoms with Crippen LogP contribution in [-0.4, -0.2) is 4.98 Å². The van der Waals surface area contributed by atoms with Gasteiger partial charge in [-0.1, -0.05) is 11.6 Å². The number of hydrogen-bond acceptors (Lipinski definition) is 3. The zero-order valence-corrected chi connectivity index (χ0v) is 12.4. The highest BCUT2D eigenvalue weighted by Crippen LogP contribution is 2.33. The van der Waals surface area contributed by atoms with Gasteiger partial charge in [-0.3, -0.25) is 4.98 Å². The van der Waals surface area contributed by atoms with Crippen molar-refractivity contribution in [3.63, 3.8) is 0 Å². The number of rotatable bonds is 3. The third-order valence-corrected chi connectivity index (χ3v) is 3.34. The van der Waals surface area contributed by atoms with E-state index >= 15 is 0 Å². The van der Waals surface area contributed by atoms with E-state index < -0.39 is 5.82 Å². The van der Waals surface area contributed by atoms with Crippen LogP contribution in [0.25, 0.3) is 0 Å². The maximum atomic E-state index is 13.4. The first kappa shape index (κ1) is 14.2. The summed E-state index contributed by atoms with van der Waals surface area (Å²) in [5, 5.41) is 0.0321. The van der Waals surface area contributed by atoms with Gasteiger partial charge in [0, 0.05) is 12.1 Å². The van der Waals surface area contributed by atoms with Crippen LogP contribution in [0.15, 0.2) is 34.9 Å². The maximum absolute atomic E-state index is 13.4. The first-order valence-electron chi connectivity index (χ1n) is 5.51. The second kappa shape index (κ2) is 5.86. The average molecular weight is 346 g/mol. The summed E-state index contributed by atoms with van der Waals surface area (Å²) in [5.74, 6) is 0.282. The monoisotopic (exact) mass is 344 g/mol. The molecule has 1 aromatic heterocycles. The van der Waals surface area contributed by atoms with Crippen LogP contribution in [0.3, 0.4) is 0 Å². The highest BCUT2D eigenvalue weighted by molar-refractivity contribution is 9.10. The third kappa shape index (κ3) is 3.43. The zero-order chi connectivity index (χ0) is 14.0. The molecule has 2 aromatic rings. The molecular weight excluding hydrogens is 335 g/mol. The Morgan fingerprint density at radius 2 is 2.16 bits per heavy atom. The van der Waals surface area contributed by atoms with Gasteiger partial charge in [0.2, 0.25) is 0 Å². The minimum Gasteiger partial charge on any atom is -0.454 e. The van der Waals surface area contributed by atoms with Gasteiger partial charge < -0.3 is 10.5 Å². The molecule has 6 heteroatoms. The second-order valence-corrected chi connectivity index (χ2v) is 5.27. The Hall–Kier alpha value is -1.17. The molecule has 1 atom stereocenters. The second-order valence-electron chi connectivity index (χ2n) is 4.01. The summed E-state index contributed by atoms with van der Waals surface area (Å²) in [6.45, 7) is 1.84. The summed E-state index contributed by atoms with van der Waals surface area (Å²) in [6.07, 6.45) is 1.54. The van der Waals surface area contributed by atoms with Crippen LogP contribution < -0.4 is 10.5 Å². The van der Waals surface area contributed by atoms with Gasteiger partial charge in [-0.2, -0.15) is 0 Å². The van der Waals surface area contributed by atoms with Crippen molar-refractivity contribution in [1.82, 2.24) is 4.98 Å². The van der Waals surface area contributed by atoms with Crippen LogP contribution in [0, 0.1) is 5.82 Å². The molecule has 0 unspecified atom stereocenters. The van der Waals surface area contributed by atoms with Crippen LogP contribution in [0.5, 0.6) is 11.5 Å². The molecule has 2 rings (SSSR count). The van der Waals surface area contributed by atoms with Crippen LogP contribution in [0.2, 0.25) is 5.02 Å². The van der Waals surface area contributed by atoms with Crippen LogP contribution >= 0.6 is 27.5 Å². The Morgan fingerprint density at radius 1 is 1.42 bits per heavy atom. The molecule has 0 fully saturated rings. The molecule has 0 amide bonds. The Bertz CT molecular complexity index is 590. The number of pyridine rings is 1. The molecule has 0 spiro atoms. The molecule has 0 bridgehead atoms. The molecule has 1 aromatic carbocycles. The highest BCUT2D eigenvalue weighted by Gasteiger charge is 2.09. The van der Waals surface area contributed by atoms with Crippen molar-refractivity contribution in [3.8, 4) is 11.5 Å². The fraction of sp³-hybridized carbons (Fsp3) is 0.154. The van der Waals surface area contributed by atoms with Gasteiger partial charge in [-0.25, -0.2) is 4.39 Å².